The Bertz CT molecular complexity index is 692. The number of para-hydroxylation sites is 1. The Hall–Kier alpha value is -2.76. The van der Waals surface area contributed by atoms with Crippen molar-refractivity contribution in [2.45, 2.75) is 0 Å². The average Bonchev–Trinajstić information content (AvgIpc) is 2.87. The van der Waals surface area contributed by atoms with Gasteiger partial charge in [-0.3, -0.25) is 4.79 Å². The first-order chi connectivity index (χ1) is 8.83. The number of H-pyrrole nitrogens is 1. The second kappa shape index (κ2) is 4.25. The van der Waals surface area contributed by atoms with Gasteiger partial charge in [0.2, 0.25) is 5.82 Å². The molecule has 1 aromatic carbocycles. The van der Waals surface area contributed by atoms with Gasteiger partial charge in [0, 0.05) is 5.69 Å². The highest BCUT2D eigenvalue weighted by atomic mass is 16.2. The van der Waals surface area contributed by atoms with E-state index in [1.54, 1.807) is 12.1 Å². The molecule has 0 atom stereocenters. The first kappa shape index (κ1) is 10.4. The van der Waals surface area contributed by atoms with Gasteiger partial charge in [0.15, 0.2) is 5.65 Å². The van der Waals surface area contributed by atoms with E-state index < -0.39 is 0 Å². The molecule has 0 bridgehead atoms. The van der Waals surface area contributed by atoms with Crippen LogP contribution >= 0.6 is 0 Å². The Balaban J connectivity index is 1.87. The van der Waals surface area contributed by atoms with Crippen LogP contribution in [0.4, 0.5) is 5.69 Å². The van der Waals surface area contributed by atoms with Crippen LogP contribution in [-0.4, -0.2) is 25.8 Å². The minimum atomic E-state index is -0.355. The molecule has 0 radical (unpaired) electrons. The van der Waals surface area contributed by atoms with Crippen LogP contribution in [-0.2, 0) is 0 Å². The van der Waals surface area contributed by atoms with Crippen molar-refractivity contribution in [1.82, 2.24) is 19.9 Å². The van der Waals surface area contributed by atoms with Crippen LogP contribution in [0.15, 0.2) is 42.9 Å². The molecule has 0 unspecified atom stereocenters. The lowest BCUT2D eigenvalue weighted by Crippen LogP contribution is -2.15. The van der Waals surface area contributed by atoms with E-state index in [2.05, 4.69) is 25.3 Å². The predicted molar refractivity (Wildman–Crippen MR) is 66.1 cm³/mol. The Labute approximate surface area is 102 Å². The summed E-state index contributed by atoms with van der Waals surface area (Å²) < 4.78 is 0. The van der Waals surface area contributed by atoms with Crippen molar-refractivity contribution < 1.29 is 4.79 Å². The average molecular weight is 239 g/mol. The first-order valence-corrected chi connectivity index (χ1v) is 5.35. The predicted octanol–water partition coefficient (Wildman–Crippen LogP) is 1.61. The van der Waals surface area contributed by atoms with E-state index in [0.29, 0.717) is 16.9 Å². The maximum atomic E-state index is 11.9. The fourth-order valence-corrected chi connectivity index (χ4v) is 1.55. The number of benzene rings is 1. The number of amides is 1. The van der Waals surface area contributed by atoms with Gasteiger partial charge in [0.05, 0.1) is 12.5 Å². The third kappa shape index (κ3) is 1.91. The van der Waals surface area contributed by atoms with E-state index in [1.807, 2.05) is 18.2 Å². The summed E-state index contributed by atoms with van der Waals surface area (Å²) in [5.41, 5.74) is 1.88. The summed E-state index contributed by atoms with van der Waals surface area (Å²) in [5.74, 6) is -0.260. The molecule has 2 N–H and O–H groups in total. The third-order valence-corrected chi connectivity index (χ3v) is 2.41. The molecule has 0 saturated heterocycles. The highest BCUT2D eigenvalue weighted by Gasteiger charge is 2.10. The number of aromatic amines is 1. The summed E-state index contributed by atoms with van der Waals surface area (Å²) in [4.78, 5) is 26.8. The number of aromatic nitrogens is 4. The molecule has 0 spiro atoms. The Morgan fingerprint density at radius 1 is 1.17 bits per heavy atom. The third-order valence-electron chi connectivity index (χ3n) is 2.41. The fourth-order valence-electron chi connectivity index (χ4n) is 1.55. The molecular weight excluding hydrogens is 230 g/mol. The van der Waals surface area contributed by atoms with Gasteiger partial charge in [-0.05, 0) is 12.1 Å². The molecule has 0 aliphatic heterocycles. The summed E-state index contributed by atoms with van der Waals surface area (Å²) in [5, 5.41) is 2.71. The van der Waals surface area contributed by atoms with Crippen LogP contribution in [0.3, 0.4) is 0 Å². The van der Waals surface area contributed by atoms with Gasteiger partial charge >= 0.3 is 0 Å². The lowest BCUT2D eigenvalue weighted by Gasteiger charge is -2.02. The normalized spacial score (nSPS) is 10.4. The number of nitrogens with one attached hydrogen (secondary N) is 2. The van der Waals surface area contributed by atoms with Crippen molar-refractivity contribution in [3.63, 3.8) is 0 Å². The van der Waals surface area contributed by atoms with Gasteiger partial charge in [-0.2, -0.15) is 0 Å². The first-order valence-electron chi connectivity index (χ1n) is 5.35. The van der Waals surface area contributed by atoms with Crippen molar-refractivity contribution in [3.8, 4) is 0 Å². The second-order valence-corrected chi connectivity index (χ2v) is 3.65. The summed E-state index contributed by atoms with van der Waals surface area (Å²) in [7, 11) is 0. The quantitative estimate of drug-likeness (QED) is 0.711. The monoisotopic (exact) mass is 239 g/mol. The lowest BCUT2D eigenvalue weighted by molar-refractivity contribution is 0.101. The van der Waals surface area contributed by atoms with E-state index >= 15 is 0 Å². The van der Waals surface area contributed by atoms with Gasteiger partial charge < -0.3 is 10.3 Å². The molecular formula is C12H9N5O. The van der Waals surface area contributed by atoms with Crippen molar-refractivity contribution in [3.05, 3.63) is 48.7 Å². The number of rotatable bonds is 2. The molecule has 6 heteroatoms. The molecule has 3 rings (SSSR count). The van der Waals surface area contributed by atoms with Crippen LogP contribution in [0.5, 0.6) is 0 Å². The van der Waals surface area contributed by atoms with Crippen LogP contribution in [0.2, 0.25) is 0 Å². The van der Waals surface area contributed by atoms with Gasteiger partial charge in [-0.15, -0.1) is 0 Å². The Morgan fingerprint density at radius 3 is 2.83 bits per heavy atom. The van der Waals surface area contributed by atoms with E-state index in [0.717, 1.165) is 0 Å². The molecule has 1 amide bonds. The standard InChI is InChI=1S/C12H9N5O/c18-12(16-8-4-2-1-3-5-8)11-13-6-9-10(17-11)15-7-14-9/h1-7H,(H,16,18)(H,13,14,15,17). The maximum Gasteiger partial charge on any atom is 0.293 e. The van der Waals surface area contributed by atoms with Crippen LogP contribution in [0.1, 0.15) is 10.6 Å². The maximum absolute atomic E-state index is 11.9. The molecule has 0 saturated carbocycles. The fraction of sp³-hybridized carbons (Fsp3) is 0. The molecule has 6 nitrogen and oxygen atoms in total. The van der Waals surface area contributed by atoms with Gasteiger partial charge in [-0.25, -0.2) is 15.0 Å². The molecule has 2 aromatic heterocycles. The number of anilines is 1. The largest absolute Gasteiger partial charge is 0.342 e. The lowest BCUT2D eigenvalue weighted by atomic mass is 10.3. The summed E-state index contributed by atoms with van der Waals surface area (Å²) >= 11 is 0. The summed E-state index contributed by atoms with van der Waals surface area (Å²) in [6, 6.07) is 9.15. The van der Waals surface area contributed by atoms with Gasteiger partial charge in [0.25, 0.3) is 5.91 Å². The number of carbonyl (C=O) groups is 1. The van der Waals surface area contributed by atoms with Crippen molar-refractivity contribution in [2.24, 2.45) is 0 Å². The minimum Gasteiger partial charge on any atom is -0.342 e. The molecule has 0 aliphatic rings. The van der Waals surface area contributed by atoms with E-state index in [9.17, 15) is 4.79 Å². The minimum absolute atomic E-state index is 0.0958. The number of hydrogen-bond acceptors (Lipinski definition) is 4. The Kier molecular flexibility index (Phi) is 2.45. The highest BCUT2D eigenvalue weighted by Crippen LogP contribution is 2.08. The van der Waals surface area contributed by atoms with E-state index in [1.165, 1.54) is 12.5 Å². The molecule has 18 heavy (non-hydrogen) atoms. The number of imidazole rings is 1. The van der Waals surface area contributed by atoms with Crippen molar-refractivity contribution in [1.29, 1.82) is 0 Å². The molecule has 2 heterocycles. The zero-order chi connectivity index (χ0) is 12.4. The van der Waals surface area contributed by atoms with Crippen LogP contribution < -0.4 is 5.32 Å². The zero-order valence-corrected chi connectivity index (χ0v) is 9.29. The van der Waals surface area contributed by atoms with Crippen molar-refractivity contribution in [2.75, 3.05) is 5.32 Å². The number of hydrogen-bond donors (Lipinski definition) is 2. The van der Waals surface area contributed by atoms with Crippen LogP contribution in [0.25, 0.3) is 11.2 Å². The highest BCUT2D eigenvalue weighted by molar-refractivity contribution is 6.02. The number of carbonyl (C=O) groups excluding carboxylic acids is 1. The smallest absolute Gasteiger partial charge is 0.293 e. The zero-order valence-electron chi connectivity index (χ0n) is 9.29. The number of nitrogens with zero attached hydrogens (tertiary/aromatic N) is 3. The molecule has 3 aromatic rings. The molecule has 0 aliphatic carbocycles. The van der Waals surface area contributed by atoms with Gasteiger partial charge in [0.1, 0.15) is 5.52 Å². The second-order valence-electron chi connectivity index (χ2n) is 3.65. The molecule has 0 fully saturated rings. The summed E-state index contributed by atoms with van der Waals surface area (Å²) in [6.45, 7) is 0. The Morgan fingerprint density at radius 2 is 2.00 bits per heavy atom. The van der Waals surface area contributed by atoms with Crippen LogP contribution in [0, 0.1) is 0 Å². The van der Waals surface area contributed by atoms with E-state index in [4.69, 9.17) is 0 Å². The number of fused-ring (bicyclic) bond motifs is 1. The van der Waals surface area contributed by atoms with E-state index in [-0.39, 0.29) is 11.7 Å². The van der Waals surface area contributed by atoms with Crippen molar-refractivity contribution >= 4 is 22.8 Å². The molecule has 88 valence electrons. The topological polar surface area (TPSA) is 83.6 Å². The SMILES string of the molecule is O=C(Nc1ccccc1)c1ncc2[nH]cnc2n1. The van der Waals surface area contributed by atoms with Gasteiger partial charge in [-0.1, -0.05) is 18.2 Å². The summed E-state index contributed by atoms with van der Waals surface area (Å²) in [6.07, 6.45) is 3.05.